The summed E-state index contributed by atoms with van der Waals surface area (Å²) in [7, 11) is -1.78. The van der Waals surface area contributed by atoms with Crippen LogP contribution in [0.1, 0.15) is 37.5 Å². The first-order valence-electron chi connectivity index (χ1n) is 8.22. The van der Waals surface area contributed by atoms with E-state index in [0.29, 0.717) is 0 Å². The molecule has 0 aliphatic rings. The van der Waals surface area contributed by atoms with E-state index < -0.39 is 8.32 Å². The van der Waals surface area contributed by atoms with Gasteiger partial charge in [-0.3, -0.25) is 0 Å². The third kappa shape index (κ3) is 4.58. The largest absolute Gasteiger partial charge is 0.543 e. The van der Waals surface area contributed by atoms with E-state index in [1.807, 2.05) is 6.07 Å². The lowest BCUT2D eigenvalue weighted by Crippen LogP contribution is -2.44. The topological polar surface area (TPSA) is 9.23 Å². The molecule has 1 nitrogen and oxygen atoms in total. The summed E-state index contributed by atoms with van der Waals surface area (Å²) in [4.78, 5) is 0. The summed E-state index contributed by atoms with van der Waals surface area (Å²) in [6.07, 6.45) is 4.29. The van der Waals surface area contributed by atoms with E-state index in [-0.39, 0.29) is 5.04 Å². The number of benzene rings is 2. The van der Waals surface area contributed by atoms with Crippen molar-refractivity contribution >= 4 is 20.5 Å². The molecule has 0 amide bonds. The van der Waals surface area contributed by atoms with E-state index >= 15 is 0 Å². The average Bonchev–Trinajstić information content (AvgIpc) is 2.47. The fourth-order valence-electron chi connectivity index (χ4n) is 2.08. The molecule has 23 heavy (non-hydrogen) atoms. The van der Waals surface area contributed by atoms with Crippen LogP contribution in [-0.2, 0) is 0 Å². The lowest BCUT2D eigenvalue weighted by atomic mass is 10.1. The van der Waals surface area contributed by atoms with Gasteiger partial charge in [-0.25, -0.2) is 0 Å². The minimum atomic E-state index is -1.78. The van der Waals surface area contributed by atoms with Gasteiger partial charge in [0.1, 0.15) is 5.75 Å². The molecule has 0 fully saturated rings. The molecule has 2 aromatic rings. The number of hydrogen-bond donors (Lipinski definition) is 0. The Labute approximate surface area is 142 Å². The molecule has 2 heteroatoms. The highest BCUT2D eigenvalue weighted by Gasteiger charge is 2.39. The summed E-state index contributed by atoms with van der Waals surface area (Å²) in [5.41, 5.74) is 3.62. The van der Waals surface area contributed by atoms with Crippen LogP contribution in [0.2, 0.25) is 18.1 Å². The highest BCUT2D eigenvalue weighted by atomic mass is 28.4. The number of hydrogen-bond acceptors (Lipinski definition) is 1. The molecule has 0 spiro atoms. The van der Waals surface area contributed by atoms with Crippen molar-refractivity contribution in [2.45, 2.75) is 45.8 Å². The molecule has 122 valence electrons. The Morgan fingerprint density at radius 3 is 2.04 bits per heavy atom. The predicted octanol–water partition coefficient (Wildman–Crippen LogP) is 6.55. The van der Waals surface area contributed by atoms with Crippen LogP contribution in [0.15, 0.2) is 48.5 Å². The summed E-state index contributed by atoms with van der Waals surface area (Å²) >= 11 is 0. The quantitative estimate of drug-likeness (QED) is 0.458. The van der Waals surface area contributed by atoms with E-state index in [1.54, 1.807) is 0 Å². The molecule has 0 aliphatic heterocycles. The summed E-state index contributed by atoms with van der Waals surface area (Å²) in [5, 5.41) is 0.214. The third-order valence-electron chi connectivity index (χ3n) is 4.64. The van der Waals surface area contributed by atoms with E-state index in [2.05, 4.69) is 95.4 Å². The molecule has 2 aromatic carbocycles. The normalized spacial score (nSPS) is 12.6. The maximum absolute atomic E-state index is 6.43. The maximum Gasteiger partial charge on any atom is 0.250 e. The Morgan fingerprint density at radius 2 is 1.48 bits per heavy atom. The number of rotatable bonds is 4. The van der Waals surface area contributed by atoms with Gasteiger partial charge in [0.15, 0.2) is 0 Å². The van der Waals surface area contributed by atoms with Crippen LogP contribution in [0.4, 0.5) is 0 Å². The second kappa shape index (κ2) is 6.75. The van der Waals surface area contributed by atoms with Crippen LogP contribution in [-0.4, -0.2) is 8.32 Å². The monoisotopic (exact) mass is 324 g/mol. The van der Waals surface area contributed by atoms with Gasteiger partial charge in [-0.15, -0.1) is 0 Å². The van der Waals surface area contributed by atoms with Gasteiger partial charge >= 0.3 is 0 Å². The summed E-state index contributed by atoms with van der Waals surface area (Å²) in [6.45, 7) is 13.5. The zero-order chi connectivity index (χ0) is 17.1. The highest BCUT2D eigenvalue weighted by molar-refractivity contribution is 6.74. The second-order valence-electron chi connectivity index (χ2n) is 7.63. The van der Waals surface area contributed by atoms with E-state index in [9.17, 15) is 0 Å². The van der Waals surface area contributed by atoms with Crippen molar-refractivity contribution in [3.05, 3.63) is 65.2 Å². The second-order valence-corrected chi connectivity index (χ2v) is 12.4. The smallest absolute Gasteiger partial charge is 0.250 e. The van der Waals surface area contributed by atoms with Gasteiger partial charge in [-0.05, 0) is 53.9 Å². The molecule has 0 bridgehead atoms. The average molecular weight is 325 g/mol. The van der Waals surface area contributed by atoms with Crippen molar-refractivity contribution in [3.63, 3.8) is 0 Å². The summed E-state index contributed by atoms with van der Waals surface area (Å²) in [6, 6.07) is 16.8. The van der Waals surface area contributed by atoms with Crippen LogP contribution >= 0.6 is 0 Å². The zero-order valence-electron chi connectivity index (χ0n) is 15.2. The highest BCUT2D eigenvalue weighted by Crippen LogP contribution is 2.38. The van der Waals surface area contributed by atoms with Gasteiger partial charge in [0, 0.05) is 0 Å². The Kier molecular flexibility index (Phi) is 5.15. The molecule has 0 atom stereocenters. The fourth-order valence-corrected chi connectivity index (χ4v) is 3.16. The van der Waals surface area contributed by atoms with Crippen molar-refractivity contribution in [1.82, 2.24) is 0 Å². The molecule has 0 aliphatic carbocycles. The molecule has 0 radical (unpaired) electrons. The zero-order valence-corrected chi connectivity index (χ0v) is 16.2. The minimum absolute atomic E-state index is 0.214. The molecule has 0 unspecified atom stereocenters. The predicted molar refractivity (Wildman–Crippen MR) is 104 cm³/mol. The summed E-state index contributed by atoms with van der Waals surface area (Å²) < 4.78 is 6.43. The van der Waals surface area contributed by atoms with Crippen molar-refractivity contribution in [3.8, 4) is 5.75 Å². The van der Waals surface area contributed by atoms with Gasteiger partial charge in [-0.1, -0.05) is 69.3 Å². The van der Waals surface area contributed by atoms with Crippen LogP contribution in [0.3, 0.4) is 0 Å². The van der Waals surface area contributed by atoms with Crippen LogP contribution in [0.25, 0.3) is 12.2 Å². The van der Waals surface area contributed by atoms with E-state index in [1.165, 1.54) is 16.7 Å². The molecule has 0 aromatic heterocycles. The van der Waals surface area contributed by atoms with E-state index in [0.717, 1.165) is 5.75 Å². The lowest BCUT2D eigenvalue weighted by molar-refractivity contribution is 0.489. The van der Waals surface area contributed by atoms with Gasteiger partial charge in [-0.2, -0.15) is 0 Å². The standard InChI is InChI=1S/C21H28OSi/c1-17-16-19(13-12-18-10-8-7-9-11-18)14-15-20(17)22-23(5,6)21(2,3)4/h7-16H,1-6H3. The first kappa shape index (κ1) is 17.5. The maximum atomic E-state index is 6.43. The molecule has 0 N–H and O–H groups in total. The Morgan fingerprint density at radius 1 is 0.870 bits per heavy atom. The van der Waals surface area contributed by atoms with Crippen molar-refractivity contribution in [2.24, 2.45) is 0 Å². The van der Waals surface area contributed by atoms with E-state index in [4.69, 9.17) is 4.43 Å². The Hall–Kier alpha value is -1.80. The Balaban J connectivity index is 2.17. The van der Waals surface area contributed by atoms with Gasteiger partial charge in [0.2, 0.25) is 8.32 Å². The van der Waals surface area contributed by atoms with Gasteiger partial charge < -0.3 is 4.43 Å². The first-order chi connectivity index (χ1) is 10.7. The van der Waals surface area contributed by atoms with Gasteiger partial charge in [0.25, 0.3) is 0 Å². The SMILES string of the molecule is Cc1cc(C=Cc2ccccc2)ccc1O[Si](C)(C)C(C)(C)C. The van der Waals surface area contributed by atoms with Crippen LogP contribution in [0.5, 0.6) is 5.75 Å². The van der Waals surface area contributed by atoms with Crippen molar-refractivity contribution in [2.75, 3.05) is 0 Å². The Bertz CT molecular complexity index is 679. The minimum Gasteiger partial charge on any atom is -0.543 e. The number of aryl methyl sites for hydroxylation is 1. The third-order valence-corrected chi connectivity index (χ3v) is 8.98. The molecule has 0 saturated carbocycles. The van der Waals surface area contributed by atoms with Crippen molar-refractivity contribution < 1.29 is 4.43 Å². The van der Waals surface area contributed by atoms with Crippen molar-refractivity contribution in [1.29, 1.82) is 0 Å². The van der Waals surface area contributed by atoms with Crippen LogP contribution < -0.4 is 4.43 Å². The molecule has 0 saturated heterocycles. The molecular weight excluding hydrogens is 296 g/mol. The van der Waals surface area contributed by atoms with Crippen LogP contribution in [0, 0.1) is 6.92 Å². The molecule has 2 rings (SSSR count). The molecular formula is C21H28OSi. The lowest BCUT2D eigenvalue weighted by Gasteiger charge is -2.37. The fraction of sp³-hybridized carbons (Fsp3) is 0.333. The first-order valence-corrected chi connectivity index (χ1v) is 11.1. The van der Waals surface area contributed by atoms with Gasteiger partial charge in [0.05, 0.1) is 0 Å². The summed E-state index contributed by atoms with van der Waals surface area (Å²) in [5.74, 6) is 1.02. The molecule has 0 heterocycles.